The summed E-state index contributed by atoms with van der Waals surface area (Å²) >= 11 is 0. The van der Waals surface area contributed by atoms with E-state index in [0.29, 0.717) is 0 Å². The Balaban J connectivity index is 0. The average molecular weight is 817 g/mol. The van der Waals surface area contributed by atoms with Gasteiger partial charge in [-0.25, -0.2) is 14.4 Å². The fourth-order valence-corrected chi connectivity index (χ4v) is 4.70. The van der Waals surface area contributed by atoms with Crippen molar-refractivity contribution in [3.8, 4) is 0 Å². The van der Waals surface area contributed by atoms with Crippen molar-refractivity contribution in [2.45, 2.75) is 131 Å². The molecule has 55 heavy (non-hydrogen) atoms. The van der Waals surface area contributed by atoms with Crippen molar-refractivity contribution < 1.29 is 55.8 Å². The lowest BCUT2D eigenvalue weighted by Crippen LogP contribution is -2.47. The molecular formula is C36H76N6O12S. The standard InChI is InChI=1S/C12H24N2O3.C9H19NO5S.C8H17NO3.C7H16N2O/c1-10(9-14-5-7-16-8-6-14)13-11(15)17-12(2,3)4;1-7(6-14-16(5,12)13)10-8(11)15-9(2,3)4;1-6(5-10)9-7(11)12-8(2,3)4;1-7(8)6-9-2-4-10-5-3-9/h10H,5-9H2,1-4H3,(H,13,15);7H,6H2,1-5H3,(H,10,11);6,10H,5H2,1-4H3,(H,9,11);7H,2-6,8H2,1H3/t10-;7-;6-;7-/m1111/s1. The predicted molar refractivity (Wildman–Crippen MR) is 213 cm³/mol. The molecule has 0 aromatic rings. The zero-order valence-electron chi connectivity index (χ0n) is 36.1. The summed E-state index contributed by atoms with van der Waals surface area (Å²) in [6, 6.07) is -0.328. The van der Waals surface area contributed by atoms with Crippen molar-refractivity contribution in [2.75, 3.05) is 85.2 Å². The Kier molecular flexibility index (Phi) is 27.0. The van der Waals surface area contributed by atoms with Crippen molar-refractivity contribution in [3.05, 3.63) is 0 Å². The van der Waals surface area contributed by atoms with Crippen LogP contribution in [0.4, 0.5) is 14.4 Å². The maximum Gasteiger partial charge on any atom is 0.407 e. The topological polar surface area (TPSA) is 230 Å². The molecular weight excluding hydrogens is 740 g/mol. The third-order valence-electron chi connectivity index (χ3n) is 6.38. The fourth-order valence-electron chi connectivity index (χ4n) is 4.25. The zero-order chi connectivity index (χ0) is 43.0. The van der Waals surface area contributed by atoms with Crippen LogP contribution in [0.25, 0.3) is 0 Å². The molecule has 328 valence electrons. The summed E-state index contributed by atoms with van der Waals surface area (Å²) in [4.78, 5) is 38.4. The first-order valence-corrected chi connectivity index (χ1v) is 20.6. The third-order valence-corrected chi connectivity index (χ3v) is 6.95. The van der Waals surface area contributed by atoms with Gasteiger partial charge in [0.05, 0.1) is 58.0 Å². The molecule has 0 bridgehead atoms. The van der Waals surface area contributed by atoms with Crippen molar-refractivity contribution >= 4 is 28.4 Å². The van der Waals surface area contributed by atoms with E-state index in [1.54, 1.807) is 55.4 Å². The SMILES string of the molecule is C[C@@H](N)CN1CCOCC1.C[C@H](CN1CCOCC1)NC(=O)OC(C)(C)C.C[C@H](CO)NC(=O)OC(C)(C)C.C[C@H](COS(C)(=O)=O)NC(=O)OC(C)(C)C. The number of aliphatic hydroxyl groups excluding tert-OH is 1. The van der Waals surface area contributed by atoms with Gasteiger partial charge in [-0.05, 0) is 90.0 Å². The molecule has 0 spiro atoms. The number of alkyl carbamates (subject to hydrolysis) is 3. The van der Waals surface area contributed by atoms with E-state index < -0.39 is 45.1 Å². The van der Waals surface area contributed by atoms with Crippen LogP contribution in [0.1, 0.15) is 90.0 Å². The van der Waals surface area contributed by atoms with E-state index in [1.165, 1.54) is 0 Å². The molecule has 2 fully saturated rings. The number of ether oxygens (including phenoxy) is 5. The highest BCUT2D eigenvalue weighted by atomic mass is 32.2. The molecule has 3 amide bonds. The minimum Gasteiger partial charge on any atom is -0.444 e. The number of carbonyl (C=O) groups is 3. The number of nitrogens with zero attached hydrogens (tertiary/aromatic N) is 2. The second-order valence-electron chi connectivity index (χ2n) is 16.6. The van der Waals surface area contributed by atoms with Crippen LogP contribution in [-0.4, -0.2) is 168 Å². The van der Waals surface area contributed by atoms with Gasteiger partial charge < -0.3 is 50.5 Å². The summed E-state index contributed by atoms with van der Waals surface area (Å²) in [5.41, 5.74) is 4.13. The molecule has 2 aliphatic heterocycles. The lowest BCUT2D eigenvalue weighted by Gasteiger charge is -2.29. The number of aliphatic hydroxyl groups is 1. The highest BCUT2D eigenvalue weighted by molar-refractivity contribution is 7.85. The maximum atomic E-state index is 11.5. The molecule has 19 heteroatoms. The van der Waals surface area contributed by atoms with Crippen LogP contribution >= 0.6 is 0 Å². The molecule has 0 saturated carbocycles. The van der Waals surface area contributed by atoms with Gasteiger partial charge in [0, 0.05) is 51.4 Å². The summed E-state index contributed by atoms with van der Waals surface area (Å²) < 4.78 is 51.5. The van der Waals surface area contributed by atoms with E-state index in [4.69, 9.17) is 34.5 Å². The fraction of sp³-hybridized carbons (Fsp3) is 0.917. The van der Waals surface area contributed by atoms with E-state index >= 15 is 0 Å². The number of carbonyl (C=O) groups excluding carboxylic acids is 3. The van der Waals surface area contributed by atoms with Crippen molar-refractivity contribution in [2.24, 2.45) is 5.73 Å². The van der Waals surface area contributed by atoms with Gasteiger partial charge in [-0.3, -0.25) is 14.0 Å². The normalized spacial score (nSPS) is 17.7. The lowest BCUT2D eigenvalue weighted by molar-refractivity contribution is 0.0301. The second-order valence-corrected chi connectivity index (χ2v) is 18.3. The molecule has 0 radical (unpaired) electrons. The van der Waals surface area contributed by atoms with Gasteiger partial charge in [0.2, 0.25) is 0 Å². The molecule has 2 rings (SSSR count). The van der Waals surface area contributed by atoms with E-state index in [0.717, 1.165) is 72.0 Å². The Morgan fingerprint density at radius 2 is 0.982 bits per heavy atom. The highest BCUT2D eigenvalue weighted by Gasteiger charge is 2.21. The number of rotatable bonds is 11. The number of nitrogens with one attached hydrogen (secondary N) is 3. The van der Waals surface area contributed by atoms with Gasteiger partial charge in [-0.2, -0.15) is 8.42 Å². The smallest absolute Gasteiger partial charge is 0.407 e. The number of nitrogens with two attached hydrogens (primary N) is 1. The molecule has 2 heterocycles. The maximum absolute atomic E-state index is 11.5. The van der Waals surface area contributed by atoms with E-state index in [-0.39, 0.29) is 37.4 Å². The minimum absolute atomic E-state index is 0.0841. The average Bonchev–Trinajstić information content (AvgIpc) is 2.98. The largest absolute Gasteiger partial charge is 0.444 e. The van der Waals surface area contributed by atoms with Crippen molar-refractivity contribution in [1.29, 1.82) is 0 Å². The van der Waals surface area contributed by atoms with Gasteiger partial charge >= 0.3 is 18.3 Å². The van der Waals surface area contributed by atoms with E-state index in [1.807, 2.05) is 34.6 Å². The van der Waals surface area contributed by atoms with Crippen LogP contribution in [0.5, 0.6) is 0 Å². The van der Waals surface area contributed by atoms with Crippen LogP contribution in [0, 0.1) is 0 Å². The van der Waals surface area contributed by atoms with Crippen LogP contribution < -0.4 is 21.7 Å². The van der Waals surface area contributed by atoms with Gasteiger partial charge in [-0.15, -0.1) is 0 Å². The molecule has 0 aromatic carbocycles. The monoisotopic (exact) mass is 817 g/mol. The van der Waals surface area contributed by atoms with E-state index in [2.05, 4.69) is 29.9 Å². The number of hydrogen-bond acceptors (Lipinski definition) is 15. The van der Waals surface area contributed by atoms with E-state index in [9.17, 15) is 22.8 Å². The van der Waals surface area contributed by atoms with Crippen molar-refractivity contribution in [3.63, 3.8) is 0 Å². The highest BCUT2D eigenvalue weighted by Crippen LogP contribution is 2.09. The Labute approximate surface area is 331 Å². The zero-order valence-corrected chi connectivity index (χ0v) is 36.9. The molecule has 4 atom stereocenters. The molecule has 0 aromatic heterocycles. The second kappa shape index (κ2) is 27.2. The summed E-state index contributed by atoms with van der Waals surface area (Å²) in [5.74, 6) is 0. The summed E-state index contributed by atoms with van der Waals surface area (Å²) in [5, 5.41) is 16.4. The molecule has 2 aliphatic rings. The third kappa shape index (κ3) is 39.5. The van der Waals surface area contributed by atoms with Crippen molar-refractivity contribution in [1.82, 2.24) is 25.8 Å². The Morgan fingerprint density at radius 3 is 1.29 bits per heavy atom. The lowest BCUT2D eigenvalue weighted by atomic mass is 10.2. The van der Waals surface area contributed by atoms with Crippen LogP contribution in [-0.2, 0) is 38.0 Å². The number of hydrogen-bond donors (Lipinski definition) is 5. The molecule has 0 aliphatic carbocycles. The number of morpholine rings is 2. The molecule has 18 nitrogen and oxygen atoms in total. The minimum atomic E-state index is -3.48. The van der Waals surface area contributed by atoms with Crippen LogP contribution in [0.2, 0.25) is 0 Å². The predicted octanol–water partition coefficient (Wildman–Crippen LogP) is 2.67. The Bertz CT molecular complexity index is 1160. The number of amides is 3. The van der Waals surface area contributed by atoms with Gasteiger partial charge in [0.25, 0.3) is 10.1 Å². The molecule has 2 saturated heterocycles. The molecule has 6 N–H and O–H groups in total. The molecule has 0 unspecified atom stereocenters. The summed E-state index contributed by atoms with van der Waals surface area (Å²) in [6.45, 7) is 32.4. The van der Waals surface area contributed by atoms with Crippen LogP contribution in [0.15, 0.2) is 0 Å². The summed E-state index contributed by atoms with van der Waals surface area (Å²) in [7, 11) is -3.48. The Hall–Kier alpha value is -2.52. The van der Waals surface area contributed by atoms with Crippen LogP contribution in [0.3, 0.4) is 0 Å². The first kappa shape index (κ1) is 54.6. The first-order valence-electron chi connectivity index (χ1n) is 18.8. The first-order chi connectivity index (χ1) is 25.0. The Morgan fingerprint density at radius 1 is 0.655 bits per heavy atom. The quantitative estimate of drug-likeness (QED) is 0.149. The summed E-state index contributed by atoms with van der Waals surface area (Å²) in [6.07, 6.45) is -0.493. The van der Waals surface area contributed by atoms with Gasteiger partial charge in [0.1, 0.15) is 16.8 Å². The van der Waals surface area contributed by atoms with Gasteiger partial charge in [0.15, 0.2) is 0 Å². The van der Waals surface area contributed by atoms with Gasteiger partial charge in [-0.1, -0.05) is 0 Å².